The number of amides is 1. The molecule has 0 saturated heterocycles. The first-order valence-corrected chi connectivity index (χ1v) is 13.7. The van der Waals surface area contributed by atoms with Crippen molar-refractivity contribution in [1.29, 1.82) is 0 Å². The molecule has 0 radical (unpaired) electrons. The third kappa shape index (κ3) is 5.60. The largest absolute Gasteiger partial charge is 0.369 e. The Labute approximate surface area is 206 Å². The topological polar surface area (TPSA) is 78.0 Å². The van der Waals surface area contributed by atoms with Gasteiger partial charge in [-0.25, -0.2) is 4.98 Å². The Morgan fingerprint density at radius 3 is 2.56 bits per heavy atom. The van der Waals surface area contributed by atoms with Crippen LogP contribution in [-0.4, -0.2) is 21.2 Å². The van der Waals surface area contributed by atoms with Gasteiger partial charge in [-0.15, -0.1) is 11.3 Å². The van der Waals surface area contributed by atoms with Crippen LogP contribution in [0.3, 0.4) is 0 Å². The van der Waals surface area contributed by atoms with E-state index in [0.717, 1.165) is 55.4 Å². The molecule has 4 rings (SSSR count). The van der Waals surface area contributed by atoms with Crippen LogP contribution >= 0.6 is 11.3 Å². The fourth-order valence-corrected chi connectivity index (χ4v) is 6.25. The highest BCUT2D eigenvalue weighted by atomic mass is 32.1. The van der Waals surface area contributed by atoms with Gasteiger partial charge in [0.05, 0.1) is 11.0 Å². The Hall–Kier alpha value is -2.47. The van der Waals surface area contributed by atoms with Crippen LogP contribution in [0.4, 0.5) is 0 Å². The maximum Gasteiger partial charge on any atom is 0.220 e. The van der Waals surface area contributed by atoms with Crippen molar-refractivity contribution in [3.05, 3.63) is 52.0 Å². The standard InChI is InChI=1S/C28H37N3O2S/c1-3-22(4-2)31-25-13-12-20(16-24(25)30-27(31)18-23-11-8-14-34-23)26(32)17-21(28(29)33)15-19-9-6-5-7-10-19/h8,11-14,16,19,21-22H,3-7,9-10,15,17-18H2,1-2H3,(H2,29,33)/t21-/m1/s1. The van der Waals surface area contributed by atoms with Crippen LogP contribution < -0.4 is 5.73 Å². The normalized spacial score (nSPS) is 15.7. The van der Waals surface area contributed by atoms with Gasteiger partial charge in [-0.05, 0) is 54.8 Å². The van der Waals surface area contributed by atoms with E-state index in [0.29, 0.717) is 17.5 Å². The molecule has 5 nitrogen and oxygen atoms in total. The van der Waals surface area contributed by atoms with Gasteiger partial charge in [0.25, 0.3) is 0 Å². The summed E-state index contributed by atoms with van der Waals surface area (Å²) in [6, 6.07) is 10.4. The third-order valence-corrected chi connectivity index (χ3v) is 8.36. The lowest BCUT2D eigenvalue weighted by molar-refractivity contribution is -0.122. The Bertz CT molecular complexity index is 1110. The van der Waals surface area contributed by atoms with Crippen molar-refractivity contribution in [1.82, 2.24) is 9.55 Å². The number of carbonyl (C=O) groups excluding carboxylic acids is 2. The van der Waals surface area contributed by atoms with Crippen molar-refractivity contribution in [2.45, 2.75) is 84.1 Å². The van der Waals surface area contributed by atoms with E-state index < -0.39 is 0 Å². The van der Waals surface area contributed by atoms with Crippen LogP contribution in [0.2, 0.25) is 0 Å². The number of hydrogen-bond donors (Lipinski definition) is 1. The van der Waals surface area contributed by atoms with Crippen LogP contribution in [-0.2, 0) is 11.2 Å². The van der Waals surface area contributed by atoms with E-state index in [-0.39, 0.29) is 24.0 Å². The number of hydrogen-bond acceptors (Lipinski definition) is 4. The molecule has 0 bridgehead atoms. The maximum atomic E-state index is 13.2. The quantitative estimate of drug-likeness (QED) is 0.311. The number of benzene rings is 1. The summed E-state index contributed by atoms with van der Waals surface area (Å²) < 4.78 is 2.36. The minimum absolute atomic E-state index is 0.0154. The van der Waals surface area contributed by atoms with E-state index in [1.807, 2.05) is 18.2 Å². The van der Waals surface area contributed by atoms with Crippen molar-refractivity contribution in [3.63, 3.8) is 0 Å². The molecule has 1 saturated carbocycles. The van der Waals surface area contributed by atoms with Gasteiger partial charge < -0.3 is 10.3 Å². The number of Topliss-reactive ketones (excluding diaryl/α,β-unsaturated/α-hetero) is 1. The molecule has 2 N–H and O–H groups in total. The van der Waals surface area contributed by atoms with Gasteiger partial charge in [0.2, 0.25) is 5.91 Å². The number of nitrogens with two attached hydrogens (primary N) is 1. The highest BCUT2D eigenvalue weighted by molar-refractivity contribution is 7.09. The van der Waals surface area contributed by atoms with E-state index in [9.17, 15) is 9.59 Å². The molecule has 2 aromatic heterocycles. The number of primary amides is 1. The van der Waals surface area contributed by atoms with E-state index in [1.165, 1.54) is 24.1 Å². The minimum atomic E-state index is -0.386. The van der Waals surface area contributed by atoms with Crippen molar-refractivity contribution >= 4 is 34.1 Å². The lowest BCUT2D eigenvalue weighted by atomic mass is 9.80. The number of carbonyl (C=O) groups is 2. The molecule has 0 spiro atoms. The molecule has 3 aromatic rings. The summed E-state index contributed by atoms with van der Waals surface area (Å²) in [5.74, 6) is 0.803. The molecule has 0 unspecified atom stereocenters. The third-order valence-electron chi connectivity index (χ3n) is 7.48. The molecular formula is C28H37N3O2S. The number of imidazole rings is 1. The summed E-state index contributed by atoms with van der Waals surface area (Å²) in [4.78, 5) is 31.6. The molecule has 6 heteroatoms. The fraction of sp³-hybridized carbons (Fsp3) is 0.536. The van der Waals surface area contributed by atoms with Gasteiger partial charge in [-0.3, -0.25) is 9.59 Å². The van der Waals surface area contributed by atoms with Gasteiger partial charge in [-0.2, -0.15) is 0 Å². The minimum Gasteiger partial charge on any atom is -0.369 e. The molecule has 0 aliphatic heterocycles. The molecule has 1 fully saturated rings. The summed E-state index contributed by atoms with van der Waals surface area (Å²) >= 11 is 1.74. The molecule has 34 heavy (non-hydrogen) atoms. The second kappa shape index (κ2) is 11.3. The smallest absolute Gasteiger partial charge is 0.220 e. The van der Waals surface area contributed by atoms with Crippen molar-refractivity contribution in [3.8, 4) is 0 Å². The zero-order chi connectivity index (χ0) is 24.1. The number of thiophene rings is 1. The molecule has 1 aliphatic carbocycles. The zero-order valence-electron chi connectivity index (χ0n) is 20.5. The molecule has 2 heterocycles. The van der Waals surface area contributed by atoms with E-state index in [1.54, 1.807) is 11.3 Å². The van der Waals surface area contributed by atoms with Crippen LogP contribution in [0.5, 0.6) is 0 Å². The van der Waals surface area contributed by atoms with Crippen molar-refractivity contribution < 1.29 is 9.59 Å². The summed E-state index contributed by atoms with van der Waals surface area (Å²) in [6.45, 7) is 4.42. The Balaban J connectivity index is 1.59. The van der Waals surface area contributed by atoms with Crippen molar-refractivity contribution in [2.24, 2.45) is 17.6 Å². The summed E-state index contributed by atoms with van der Waals surface area (Å²) in [5, 5.41) is 2.10. The fourth-order valence-electron chi connectivity index (χ4n) is 5.54. The SMILES string of the molecule is CCC(CC)n1c(Cc2cccs2)nc2cc(C(=O)C[C@@H](CC3CCCCC3)C(N)=O)ccc21. The molecule has 1 aliphatic rings. The lowest BCUT2D eigenvalue weighted by Gasteiger charge is -2.24. The Morgan fingerprint density at radius 1 is 1.15 bits per heavy atom. The first kappa shape index (κ1) is 24.6. The first-order chi connectivity index (χ1) is 16.5. The second-order valence-electron chi connectivity index (χ2n) is 9.79. The van der Waals surface area contributed by atoms with Crippen LogP contribution in [0.25, 0.3) is 11.0 Å². The Morgan fingerprint density at radius 2 is 1.91 bits per heavy atom. The lowest BCUT2D eigenvalue weighted by Crippen LogP contribution is -2.28. The molecule has 182 valence electrons. The number of aromatic nitrogens is 2. The zero-order valence-corrected chi connectivity index (χ0v) is 21.3. The average molecular weight is 480 g/mol. The van der Waals surface area contributed by atoms with Gasteiger partial charge in [-0.1, -0.05) is 52.0 Å². The molecule has 1 atom stereocenters. The average Bonchev–Trinajstić information content (AvgIpc) is 3.48. The monoisotopic (exact) mass is 479 g/mol. The van der Waals surface area contributed by atoms with Gasteiger partial charge >= 0.3 is 0 Å². The molecule has 1 aromatic carbocycles. The van der Waals surface area contributed by atoms with Crippen LogP contribution in [0, 0.1) is 11.8 Å². The number of ketones is 1. The highest BCUT2D eigenvalue weighted by Gasteiger charge is 2.26. The van der Waals surface area contributed by atoms with E-state index >= 15 is 0 Å². The number of fused-ring (bicyclic) bond motifs is 1. The molecular weight excluding hydrogens is 442 g/mol. The van der Waals surface area contributed by atoms with Crippen LogP contribution in [0.15, 0.2) is 35.7 Å². The summed E-state index contributed by atoms with van der Waals surface area (Å²) in [7, 11) is 0. The van der Waals surface area contributed by atoms with E-state index in [4.69, 9.17) is 10.7 Å². The highest BCUT2D eigenvalue weighted by Crippen LogP contribution is 2.32. The predicted molar refractivity (Wildman–Crippen MR) is 139 cm³/mol. The first-order valence-electron chi connectivity index (χ1n) is 12.9. The number of rotatable bonds is 11. The van der Waals surface area contributed by atoms with E-state index in [2.05, 4.69) is 35.9 Å². The summed E-state index contributed by atoms with van der Waals surface area (Å²) in [6.07, 6.45) is 9.76. The second-order valence-corrected chi connectivity index (χ2v) is 10.8. The van der Waals surface area contributed by atoms with Crippen molar-refractivity contribution in [2.75, 3.05) is 0 Å². The van der Waals surface area contributed by atoms with Gasteiger partial charge in [0.15, 0.2) is 5.78 Å². The summed E-state index contributed by atoms with van der Waals surface area (Å²) in [5.41, 5.74) is 8.27. The van der Waals surface area contributed by atoms with Gasteiger partial charge in [0, 0.05) is 35.2 Å². The van der Waals surface area contributed by atoms with Crippen LogP contribution in [0.1, 0.15) is 98.7 Å². The number of nitrogens with zero attached hydrogens (tertiary/aromatic N) is 2. The van der Waals surface area contributed by atoms with Gasteiger partial charge in [0.1, 0.15) is 5.82 Å². The molecule has 1 amide bonds. The maximum absolute atomic E-state index is 13.2. The predicted octanol–water partition coefficient (Wildman–Crippen LogP) is 6.69. The Kier molecular flexibility index (Phi) is 8.19.